The van der Waals surface area contributed by atoms with Crippen molar-refractivity contribution in [1.29, 1.82) is 0 Å². The molecule has 0 bridgehead atoms. The van der Waals surface area contributed by atoms with Gasteiger partial charge in [-0.05, 0) is 33.6 Å². The maximum absolute atomic E-state index is 12.2. The van der Waals surface area contributed by atoms with Gasteiger partial charge in [-0.15, -0.1) is 11.3 Å². The van der Waals surface area contributed by atoms with Crippen molar-refractivity contribution < 1.29 is 4.79 Å². The summed E-state index contributed by atoms with van der Waals surface area (Å²) in [7, 11) is 0. The molecular formula is C15H25N3OS. The molecular weight excluding hydrogens is 270 g/mol. The van der Waals surface area contributed by atoms with Crippen LogP contribution in [0.3, 0.4) is 0 Å². The molecule has 20 heavy (non-hydrogen) atoms. The van der Waals surface area contributed by atoms with E-state index in [1.54, 1.807) is 11.3 Å². The molecule has 1 aliphatic carbocycles. The van der Waals surface area contributed by atoms with Gasteiger partial charge in [0, 0.05) is 17.1 Å². The van der Waals surface area contributed by atoms with E-state index in [0.717, 1.165) is 17.8 Å². The lowest BCUT2D eigenvalue weighted by Crippen LogP contribution is -2.47. The van der Waals surface area contributed by atoms with Crippen LogP contribution in [0.2, 0.25) is 0 Å². The molecule has 2 rings (SSSR count). The Labute approximate surface area is 125 Å². The Balaban J connectivity index is 1.80. The van der Waals surface area contributed by atoms with Crippen molar-refractivity contribution in [3.8, 4) is 0 Å². The highest BCUT2D eigenvalue weighted by atomic mass is 32.1. The smallest absolute Gasteiger partial charge is 0.237 e. The Kier molecular flexibility index (Phi) is 5.54. The lowest BCUT2D eigenvalue weighted by atomic mass is 9.95. The van der Waals surface area contributed by atoms with Gasteiger partial charge in [0.2, 0.25) is 5.91 Å². The molecule has 1 aromatic rings. The van der Waals surface area contributed by atoms with Crippen LogP contribution in [0.25, 0.3) is 0 Å². The highest BCUT2D eigenvalue weighted by Crippen LogP contribution is 2.20. The van der Waals surface area contributed by atoms with Crippen LogP contribution in [-0.4, -0.2) is 23.0 Å². The predicted octanol–water partition coefficient (Wildman–Crippen LogP) is 2.94. The Morgan fingerprint density at radius 3 is 2.65 bits per heavy atom. The molecule has 2 atom stereocenters. The van der Waals surface area contributed by atoms with E-state index in [-0.39, 0.29) is 18.0 Å². The number of nitrogens with zero attached hydrogens (tertiary/aromatic N) is 1. The molecule has 1 aliphatic rings. The molecule has 4 nitrogen and oxygen atoms in total. The minimum absolute atomic E-state index is 0.108. The van der Waals surface area contributed by atoms with Crippen molar-refractivity contribution in [3.05, 3.63) is 16.1 Å². The van der Waals surface area contributed by atoms with E-state index in [1.807, 2.05) is 20.0 Å². The van der Waals surface area contributed by atoms with Crippen molar-refractivity contribution in [2.75, 3.05) is 0 Å². The van der Waals surface area contributed by atoms with Crippen molar-refractivity contribution in [2.45, 2.75) is 71.0 Å². The minimum atomic E-state index is -0.184. The number of carbonyl (C=O) groups excluding carboxylic acids is 1. The topological polar surface area (TPSA) is 54.0 Å². The van der Waals surface area contributed by atoms with Gasteiger partial charge in [-0.1, -0.05) is 19.3 Å². The lowest BCUT2D eigenvalue weighted by molar-refractivity contribution is -0.123. The molecule has 0 spiro atoms. The van der Waals surface area contributed by atoms with Gasteiger partial charge >= 0.3 is 0 Å². The van der Waals surface area contributed by atoms with Gasteiger partial charge in [-0.3, -0.25) is 10.1 Å². The number of rotatable bonds is 5. The number of thiazole rings is 1. The van der Waals surface area contributed by atoms with E-state index in [4.69, 9.17) is 0 Å². The molecule has 1 amide bonds. The van der Waals surface area contributed by atoms with E-state index in [9.17, 15) is 4.79 Å². The van der Waals surface area contributed by atoms with Gasteiger partial charge in [0.1, 0.15) is 5.01 Å². The normalized spacial score (nSPS) is 19.6. The second-order valence-corrected chi connectivity index (χ2v) is 7.03. The Morgan fingerprint density at radius 2 is 2.05 bits per heavy atom. The number of aryl methyl sites for hydroxylation is 1. The first kappa shape index (κ1) is 15.4. The van der Waals surface area contributed by atoms with E-state index in [0.29, 0.717) is 6.04 Å². The van der Waals surface area contributed by atoms with Crippen molar-refractivity contribution in [3.63, 3.8) is 0 Å². The highest BCUT2D eigenvalue weighted by molar-refractivity contribution is 7.11. The fourth-order valence-electron chi connectivity index (χ4n) is 2.67. The molecule has 0 radical (unpaired) electrons. The van der Waals surface area contributed by atoms with Crippen LogP contribution >= 0.6 is 11.3 Å². The van der Waals surface area contributed by atoms with Gasteiger partial charge in [0.25, 0.3) is 0 Å². The molecule has 1 heterocycles. The van der Waals surface area contributed by atoms with Gasteiger partial charge in [-0.25, -0.2) is 4.98 Å². The van der Waals surface area contributed by atoms with E-state index >= 15 is 0 Å². The van der Waals surface area contributed by atoms with Crippen molar-refractivity contribution in [2.24, 2.45) is 0 Å². The summed E-state index contributed by atoms with van der Waals surface area (Å²) in [6.07, 6.45) is 7.91. The standard InChI is InChI=1S/C15H25N3OS/c1-10-9-16-15(20-10)12(3)17-11(2)14(19)18-13-7-5-4-6-8-13/h9,11-13,17H,4-8H2,1-3H3,(H,18,19). The number of nitrogens with one attached hydrogen (secondary N) is 2. The van der Waals surface area contributed by atoms with Crippen LogP contribution in [0, 0.1) is 6.92 Å². The van der Waals surface area contributed by atoms with E-state index in [2.05, 4.69) is 22.5 Å². The van der Waals surface area contributed by atoms with Gasteiger partial charge in [0.05, 0.1) is 12.1 Å². The second-order valence-electron chi connectivity index (χ2n) is 5.76. The maximum atomic E-state index is 12.2. The van der Waals surface area contributed by atoms with Gasteiger partial charge in [-0.2, -0.15) is 0 Å². The van der Waals surface area contributed by atoms with Gasteiger partial charge in [0.15, 0.2) is 0 Å². The largest absolute Gasteiger partial charge is 0.352 e. The fraction of sp³-hybridized carbons (Fsp3) is 0.733. The molecule has 0 aliphatic heterocycles. The average molecular weight is 295 g/mol. The van der Waals surface area contributed by atoms with Crippen molar-refractivity contribution in [1.82, 2.24) is 15.6 Å². The molecule has 112 valence electrons. The third kappa shape index (κ3) is 4.28. The van der Waals surface area contributed by atoms with E-state index < -0.39 is 0 Å². The summed E-state index contributed by atoms with van der Waals surface area (Å²) in [4.78, 5) is 17.8. The monoisotopic (exact) mass is 295 g/mol. The van der Waals surface area contributed by atoms with Crippen LogP contribution in [0.4, 0.5) is 0 Å². The molecule has 2 N–H and O–H groups in total. The summed E-state index contributed by atoms with van der Waals surface area (Å²) < 4.78 is 0. The zero-order chi connectivity index (χ0) is 14.5. The highest BCUT2D eigenvalue weighted by Gasteiger charge is 2.21. The van der Waals surface area contributed by atoms with Crippen LogP contribution in [-0.2, 0) is 4.79 Å². The first-order valence-electron chi connectivity index (χ1n) is 7.55. The second kappa shape index (κ2) is 7.18. The first-order chi connectivity index (χ1) is 9.56. The molecule has 5 heteroatoms. The van der Waals surface area contributed by atoms with E-state index in [1.165, 1.54) is 24.1 Å². The first-order valence-corrected chi connectivity index (χ1v) is 8.36. The molecule has 0 saturated heterocycles. The SMILES string of the molecule is Cc1cnc(C(C)NC(C)C(=O)NC2CCCCC2)s1. The molecule has 1 saturated carbocycles. The molecule has 1 fully saturated rings. The molecule has 0 aromatic carbocycles. The average Bonchev–Trinajstić information content (AvgIpc) is 2.86. The minimum Gasteiger partial charge on any atom is -0.352 e. The lowest BCUT2D eigenvalue weighted by Gasteiger charge is -2.25. The summed E-state index contributed by atoms with van der Waals surface area (Å²) in [6, 6.07) is 0.301. The summed E-state index contributed by atoms with van der Waals surface area (Å²) in [5.41, 5.74) is 0. The number of hydrogen-bond acceptors (Lipinski definition) is 4. The number of amides is 1. The number of hydrogen-bond donors (Lipinski definition) is 2. The van der Waals surface area contributed by atoms with Crippen LogP contribution in [0.15, 0.2) is 6.20 Å². The third-order valence-electron chi connectivity index (χ3n) is 3.85. The predicted molar refractivity (Wildman–Crippen MR) is 82.9 cm³/mol. The third-order valence-corrected chi connectivity index (χ3v) is 4.95. The number of aromatic nitrogens is 1. The quantitative estimate of drug-likeness (QED) is 0.878. The maximum Gasteiger partial charge on any atom is 0.237 e. The summed E-state index contributed by atoms with van der Waals surface area (Å²) in [5.74, 6) is 0.108. The fourth-order valence-corrected chi connectivity index (χ4v) is 3.45. The molecule has 2 unspecified atom stereocenters. The zero-order valence-corrected chi connectivity index (χ0v) is 13.4. The summed E-state index contributed by atoms with van der Waals surface area (Å²) >= 11 is 1.68. The van der Waals surface area contributed by atoms with Crippen LogP contribution in [0.1, 0.15) is 61.9 Å². The van der Waals surface area contributed by atoms with Crippen LogP contribution in [0.5, 0.6) is 0 Å². The Morgan fingerprint density at radius 1 is 1.35 bits per heavy atom. The van der Waals surface area contributed by atoms with Crippen LogP contribution < -0.4 is 10.6 Å². The summed E-state index contributed by atoms with van der Waals surface area (Å²) in [6.45, 7) is 6.03. The summed E-state index contributed by atoms with van der Waals surface area (Å²) in [5, 5.41) is 7.54. The zero-order valence-electron chi connectivity index (χ0n) is 12.6. The Hall–Kier alpha value is -0.940. The van der Waals surface area contributed by atoms with Crippen molar-refractivity contribution >= 4 is 17.2 Å². The number of carbonyl (C=O) groups is 1. The van der Waals surface area contributed by atoms with Gasteiger partial charge < -0.3 is 5.32 Å². The Bertz CT molecular complexity index is 440. The molecule has 1 aromatic heterocycles.